The Morgan fingerprint density at radius 3 is 1.86 bits per heavy atom. The van der Waals surface area contributed by atoms with Crippen LogP contribution in [0.2, 0.25) is 0 Å². The van der Waals surface area contributed by atoms with Crippen LogP contribution in [-0.2, 0) is 18.3 Å². The van der Waals surface area contributed by atoms with Crippen LogP contribution in [-0.4, -0.2) is 5.11 Å². The van der Waals surface area contributed by atoms with E-state index in [1.807, 2.05) is 30.3 Å². The molecule has 0 aromatic heterocycles. The molecule has 0 amide bonds. The van der Waals surface area contributed by atoms with E-state index in [9.17, 15) is 18.3 Å². The second-order valence-corrected chi connectivity index (χ2v) is 6.56. The fraction of sp³-hybridized carbons (Fsp3) is 0.182. The van der Waals surface area contributed by atoms with Gasteiger partial charge in [-0.3, -0.25) is 5.73 Å². The molecule has 0 heterocycles. The van der Waals surface area contributed by atoms with Crippen LogP contribution in [0.1, 0.15) is 23.1 Å². The number of halogens is 3. The highest BCUT2D eigenvalue weighted by atomic mass is 19.4. The molecule has 3 rings (SSSR count). The summed E-state index contributed by atoms with van der Waals surface area (Å²) in [5.41, 5.74) is 4.89. The monoisotopic (exact) mass is 387 g/mol. The average molecular weight is 387 g/mol. The van der Waals surface area contributed by atoms with Crippen LogP contribution >= 0.6 is 0 Å². The van der Waals surface area contributed by atoms with E-state index in [4.69, 9.17) is 10.5 Å². The molecule has 3 nitrogen and oxygen atoms in total. The van der Waals surface area contributed by atoms with Gasteiger partial charge in [-0.05, 0) is 60.4 Å². The lowest BCUT2D eigenvalue weighted by Crippen LogP contribution is -2.36. The topological polar surface area (TPSA) is 55.5 Å². The Morgan fingerprint density at radius 2 is 1.29 bits per heavy atom. The highest BCUT2D eigenvalue weighted by Crippen LogP contribution is 2.30. The van der Waals surface area contributed by atoms with Crippen LogP contribution in [0.15, 0.2) is 78.9 Å². The summed E-state index contributed by atoms with van der Waals surface area (Å²) in [6.07, 6.45) is -3.86. The zero-order valence-corrected chi connectivity index (χ0v) is 15.0. The Hall–Kier alpha value is -2.83. The van der Waals surface area contributed by atoms with Crippen molar-refractivity contribution >= 4 is 0 Å². The first-order valence-corrected chi connectivity index (χ1v) is 8.75. The number of benzene rings is 3. The Morgan fingerprint density at radius 1 is 0.750 bits per heavy atom. The zero-order valence-electron chi connectivity index (χ0n) is 15.0. The first-order valence-electron chi connectivity index (χ1n) is 8.75. The van der Waals surface area contributed by atoms with E-state index < -0.39 is 17.5 Å². The van der Waals surface area contributed by atoms with Crippen molar-refractivity contribution in [3.63, 3.8) is 0 Å². The van der Waals surface area contributed by atoms with Crippen LogP contribution in [0, 0.1) is 0 Å². The van der Waals surface area contributed by atoms with E-state index >= 15 is 0 Å². The van der Waals surface area contributed by atoms with E-state index in [1.165, 1.54) is 12.1 Å². The molecule has 0 radical (unpaired) electrons. The maximum atomic E-state index is 12.6. The highest BCUT2D eigenvalue weighted by molar-refractivity contribution is 5.35. The number of ether oxygens (including phenoxy) is 1. The molecule has 146 valence electrons. The number of aliphatic hydroxyl groups is 1. The summed E-state index contributed by atoms with van der Waals surface area (Å²) in [5, 5.41) is 10.6. The number of para-hydroxylation sites is 1. The van der Waals surface area contributed by atoms with Crippen LogP contribution in [0.4, 0.5) is 13.2 Å². The maximum absolute atomic E-state index is 12.6. The quantitative estimate of drug-likeness (QED) is 0.569. The molecular weight excluding hydrogens is 367 g/mol. The summed E-state index contributed by atoms with van der Waals surface area (Å²) in [5.74, 6) is 1.30. The predicted octanol–water partition coefficient (Wildman–Crippen LogP) is 5.23. The van der Waals surface area contributed by atoms with E-state index in [1.54, 1.807) is 24.3 Å². The average Bonchev–Trinajstić information content (AvgIpc) is 2.67. The van der Waals surface area contributed by atoms with Crippen molar-refractivity contribution in [2.24, 2.45) is 5.73 Å². The molecule has 1 atom stereocenters. The number of hydrogen-bond acceptors (Lipinski definition) is 3. The molecule has 0 aliphatic heterocycles. The van der Waals surface area contributed by atoms with Gasteiger partial charge in [-0.15, -0.1) is 0 Å². The predicted molar refractivity (Wildman–Crippen MR) is 101 cm³/mol. The van der Waals surface area contributed by atoms with E-state index in [-0.39, 0.29) is 6.42 Å². The van der Waals surface area contributed by atoms with Gasteiger partial charge < -0.3 is 9.84 Å². The summed E-state index contributed by atoms with van der Waals surface area (Å²) < 4.78 is 43.5. The van der Waals surface area contributed by atoms with Crippen LogP contribution < -0.4 is 10.5 Å². The molecule has 3 aromatic rings. The summed E-state index contributed by atoms with van der Waals surface area (Å²) in [7, 11) is 0. The van der Waals surface area contributed by atoms with Crippen LogP contribution in [0.5, 0.6) is 11.5 Å². The van der Waals surface area contributed by atoms with Gasteiger partial charge in [-0.25, -0.2) is 0 Å². The Bertz CT molecular complexity index is 890. The normalized spacial score (nSPS) is 13.8. The molecule has 0 bridgehead atoms. The molecule has 3 N–H and O–H groups in total. The van der Waals surface area contributed by atoms with Crippen molar-refractivity contribution in [1.82, 2.24) is 0 Å². The SMILES string of the molecule is NC(O)(CCc1ccc(C(F)(F)F)cc1)c1ccc(Oc2ccccc2)cc1. The molecule has 0 aliphatic carbocycles. The molecule has 6 heteroatoms. The second-order valence-electron chi connectivity index (χ2n) is 6.56. The zero-order chi connectivity index (χ0) is 20.2. The standard InChI is InChI=1S/C22H20F3NO2/c23-22(24,25)18-8-6-16(7-9-18)14-15-21(26,27)17-10-12-20(13-11-17)28-19-4-2-1-3-5-19/h1-13,27H,14-15,26H2. The molecule has 0 fully saturated rings. The summed E-state index contributed by atoms with van der Waals surface area (Å²) >= 11 is 0. The fourth-order valence-electron chi connectivity index (χ4n) is 2.78. The molecule has 0 spiro atoms. The minimum Gasteiger partial charge on any atom is -0.457 e. The number of nitrogens with two attached hydrogens (primary N) is 1. The Labute approximate surface area is 161 Å². The Kier molecular flexibility index (Phi) is 5.72. The van der Waals surface area contributed by atoms with Crippen molar-refractivity contribution in [3.8, 4) is 11.5 Å². The lowest BCUT2D eigenvalue weighted by molar-refractivity contribution is -0.137. The first-order chi connectivity index (χ1) is 13.2. The van der Waals surface area contributed by atoms with Gasteiger partial charge in [0, 0.05) is 0 Å². The lowest BCUT2D eigenvalue weighted by atomic mass is 9.95. The van der Waals surface area contributed by atoms with Gasteiger partial charge >= 0.3 is 6.18 Å². The van der Waals surface area contributed by atoms with Crippen molar-refractivity contribution in [2.75, 3.05) is 0 Å². The number of rotatable bonds is 6. The molecule has 0 saturated carbocycles. The molecular formula is C22H20F3NO2. The first kappa shape index (κ1) is 19.9. The molecule has 1 unspecified atom stereocenters. The smallest absolute Gasteiger partial charge is 0.416 e. The largest absolute Gasteiger partial charge is 0.457 e. The van der Waals surface area contributed by atoms with Gasteiger partial charge in [0.15, 0.2) is 0 Å². The van der Waals surface area contributed by atoms with Gasteiger partial charge in [0.05, 0.1) is 5.56 Å². The lowest BCUT2D eigenvalue weighted by Gasteiger charge is -2.24. The van der Waals surface area contributed by atoms with Gasteiger partial charge in [0.1, 0.15) is 17.2 Å². The highest BCUT2D eigenvalue weighted by Gasteiger charge is 2.30. The van der Waals surface area contributed by atoms with Crippen molar-refractivity contribution < 1.29 is 23.0 Å². The third-order valence-corrected chi connectivity index (χ3v) is 4.41. The maximum Gasteiger partial charge on any atom is 0.416 e. The van der Waals surface area contributed by atoms with Crippen molar-refractivity contribution in [3.05, 3.63) is 95.6 Å². The van der Waals surface area contributed by atoms with Gasteiger partial charge in [0.25, 0.3) is 0 Å². The van der Waals surface area contributed by atoms with Crippen LogP contribution in [0.25, 0.3) is 0 Å². The third kappa shape index (κ3) is 5.12. The van der Waals surface area contributed by atoms with Crippen molar-refractivity contribution in [1.29, 1.82) is 0 Å². The minimum absolute atomic E-state index is 0.164. The fourth-order valence-corrected chi connectivity index (χ4v) is 2.78. The minimum atomic E-state index is -4.36. The van der Waals surface area contributed by atoms with Crippen LogP contribution in [0.3, 0.4) is 0 Å². The second kappa shape index (κ2) is 8.04. The van der Waals surface area contributed by atoms with Crippen molar-refractivity contribution in [2.45, 2.75) is 24.7 Å². The summed E-state index contributed by atoms with van der Waals surface area (Å²) in [6.45, 7) is 0. The van der Waals surface area contributed by atoms with Gasteiger partial charge in [0.2, 0.25) is 0 Å². The van der Waals surface area contributed by atoms with E-state index in [2.05, 4.69) is 0 Å². The molecule has 0 saturated heterocycles. The number of hydrogen-bond donors (Lipinski definition) is 2. The number of aryl methyl sites for hydroxylation is 1. The third-order valence-electron chi connectivity index (χ3n) is 4.41. The molecule has 3 aromatic carbocycles. The number of alkyl halides is 3. The summed E-state index contributed by atoms with van der Waals surface area (Å²) in [6, 6.07) is 20.9. The van der Waals surface area contributed by atoms with E-state index in [0.717, 1.165) is 12.1 Å². The summed E-state index contributed by atoms with van der Waals surface area (Å²) in [4.78, 5) is 0. The molecule has 28 heavy (non-hydrogen) atoms. The molecule has 0 aliphatic rings. The van der Waals surface area contributed by atoms with Gasteiger partial charge in [-0.1, -0.05) is 42.5 Å². The van der Waals surface area contributed by atoms with E-state index in [0.29, 0.717) is 29.0 Å². The van der Waals surface area contributed by atoms with Gasteiger partial charge in [-0.2, -0.15) is 13.2 Å². The Balaban J connectivity index is 1.62.